The van der Waals surface area contributed by atoms with Crippen LogP contribution in [-0.2, 0) is 5.41 Å². The van der Waals surface area contributed by atoms with Gasteiger partial charge in [-0.2, -0.15) is 18.2 Å². The SMILES string of the molecule is Cc1ccoc1-c1noc(C2(C(F)(F)F)CCNC2)n1. The molecule has 0 spiro atoms. The number of alkyl halides is 3. The minimum atomic E-state index is -4.45. The Bertz CT molecular complexity index is 611. The fraction of sp³-hybridized carbons (Fsp3) is 0.500. The summed E-state index contributed by atoms with van der Waals surface area (Å²) in [6.45, 7) is 1.76. The third-order valence-corrected chi connectivity index (χ3v) is 3.60. The van der Waals surface area contributed by atoms with Crippen molar-refractivity contribution in [3.05, 3.63) is 23.8 Å². The molecule has 20 heavy (non-hydrogen) atoms. The quantitative estimate of drug-likeness (QED) is 0.919. The first-order valence-electron chi connectivity index (χ1n) is 6.10. The lowest BCUT2D eigenvalue weighted by molar-refractivity contribution is -0.191. The highest BCUT2D eigenvalue weighted by atomic mass is 19.4. The molecule has 0 bridgehead atoms. The Morgan fingerprint density at radius 2 is 2.20 bits per heavy atom. The number of aryl methyl sites for hydroxylation is 1. The van der Waals surface area contributed by atoms with Crippen LogP contribution >= 0.6 is 0 Å². The lowest BCUT2D eigenvalue weighted by Gasteiger charge is -2.26. The molecule has 0 amide bonds. The molecule has 1 fully saturated rings. The normalized spacial score (nSPS) is 23.4. The maximum atomic E-state index is 13.3. The Labute approximate surface area is 112 Å². The molecule has 1 atom stereocenters. The molecule has 1 N–H and O–H groups in total. The van der Waals surface area contributed by atoms with E-state index >= 15 is 0 Å². The molecule has 1 aliphatic rings. The van der Waals surface area contributed by atoms with Crippen LogP contribution in [0.3, 0.4) is 0 Å². The van der Waals surface area contributed by atoms with Crippen LogP contribution in [-0.4, -0.2) is 29.4 Å². The van der Waals surface area contributed by atoms with E-state index in [0.29, 0.717) is 5.76 Å². The van der Waals surface area contributed by atoms with E-state index in [0.717, 1.165) is 5.56 Å². The molecule has 0 aliphatic carbocycles. The van der Waals surface area contributed by atoms with Crippen LogP contribution in [0.1, 0.15) is 17.9 Å². The highest BCUT2D eigenvalue weighted by molar-refractivity contribution is 5.51. The van der Waals surface area contributed by atoms with E-state index in [9.17, 15) is 13.2 Å². The molecule has 0 saturated carbocycles. The average molecular weight is 287 g/mol. The van der Waals surface area contributed by atoms with E-state index in [2.05, 4.69) is 15.5 Å². The summed E-state index contributed by atoms with van der Waals surface area (Å²) in [5, 5.41) is 6.32. The van der Waals surface area contributed by atoms with Crippen molar-refractivity contribution in [2.75, 3.05) is 13.1 Å². The van der Waals surface area contributed by atoms with Gasteiger partial charge in [0, 0.05) is 6.54 Å². The summed E-state index contributed by atoms with van der Waals surface area (Å²) in [5.74, 6) is -0.0536. The Morgan fingerprint density at radius 3 is 2.75 bits per heavy atom. The zero-order valence-corrected chi connectivity index (χ0v) is 10.6. The summed E-state index contributed by atoms with van der Waals surface area (Å²) in [6, 6.07) is 1.68. The van der Waals surface area contributed by atoms with Gasteiger partial charge in [-0.15, -0.1) is 0 Å². The van der Waals surface area contributed by atoms with Gasteiger partial charge in [0.25, 0.3) is 0 Å². The molecule has 0 radical (unpaired) electrons. The van der Waals surface area contributed by atoms with Gasteiger partial charge < -0.3 is 14.3 Å². The van der Waals surface area contributed by atoms with Gasteiger partial charge in [0.05, 0.1) is 6.26 Å². The second-order valence-electron chi connectivity index (χ2n) is 4.86. The van der Waals surface area contributed by atoms with Crippen LogP contribution in [0.25, 0.3) is 11.6 Å². The van der Waals surface area contributed by atoms with E-state index in [4.69, 9.17) is 8.94 Å². The third kappa shape index (κ3) is 1.82. The predicted molar refractivity (Wildman–Crippen MR) is 62.0 cm³/mol. The van der Waals surface area contributed by atoms with Gasteiger partial charge in [-0.05, 0) is 31.5 Å². The molecule has 108 valence electrons. The highest BCUT2D eigenvalue weighted by Gasteiger charge is 2.61. The van der Waals surface area contributed by atoms with Crippen LogP contribution < -0.4 is 5.32 Å². The predicted octanol–water partition coefficient (Wildman–Crippen LogP) is 2.43. The van der Waals surface area contributed by atoms with Gasteiger partial charge in [-0.1, -0.05) is 5.16 Å². The third-order valence-electron chi connectivity index (χ3n) is 3.60. The van der Waals surface area contributed by atoms with E-state index in [1.54, 1.807) is 13.0 Å². The Morgan fingerprint density at radius 1 is 1.40 bits per heavy atom. The standard InChI is InChI=1S/C12H12F3N3O2/c1-7-2-5-19-8(7)9-17-10(20-18-9)11(12(13,14)15)3-4-16-6-11/h2,5,16H,3-4,6H2,1H3. The average Bonchev–Trinajstić information content (AvgIpc) is 3.06. The smallest absolute Gasteiger partial charge is 0.404 e. The summed E-state index contributed by atoms with van der Waals surface area (Å²) < 4.78 is 50.1. The van der Waals surface area contributed by atoms with Crippen molar-refractivity contribution in [1.82, 2.24) is 15.5 Å². The van der Waals surface area contributed by atoms with Gasteiger partial charge in [0.1, 0.15) is 0 Å². The molecule has 1 unspecified atom stereocenters. The van der Waals surface area contributed by atoms with Gasteiger partial charge in [0.2, 0.25) is 11.7 Å². The maximum absolute atomic E-state index is 13.3. The molecular weight excluding hydrogens is 275 g/mol. The van der Waals surface area contributed by atoms with Crippen LogP contribution in [0.2, 0.25) is 0 Å². The number of hydrogen-bond donors (Lipinski definition) is 1. The van der Waals surface area contributed by atoms with Gasteiger partial charge in [-0.25, -0.2) is 0 Å². The minimum Gasteiger partial charge on any atom is -0.461 e. The molecule has 2 aromatic rings. The van der Waals surface area contributed by atoms with E-state index in [1.807, 2.05) is 0 Å². The topological polar surface area (TPSA) is 64.1 Å². The Hall–Kier alpha value is -1.83. The zero-order chi connectivity index (χ0) is 14.4. The van der Waals surface area contributed by atoms with Crippen molar-refractivity contribution >= 4 is 0 Å². The summed E-state index contributed by atoms with van der Waals surface area (Å²) in [7, 11) is 0. The number of hydrogen-bond acceptors (Lipinski definition) is 5. The molecule has 8 heteroatoms. The van der Waals surface area contributed by atoms with Crippen LogP contribution in [0, 0.1) is 6.92 Å². The number of furan rings is 1. The number of rotatable bonds is 2. The van der Waals surface area contributed by atoms with E-state index in [-0.39, 0.29) is 25.3 Å². The molecule has 1 saturated heterocycles. The summed E-state index contributed by atoms with van der Waals surface area (Å²) in [5.41, 5.74) is -1.37. The molecule has 2 aromatic heterocycles. The van der Waals surface area contributed by atoms with Crippen molar-refractivity contribution in [3.8, 4) is 11.6 Å². The summed E-state index contributed by atoms with van der Waals surface area (Å²) in [4.78, 5) is 3.90. The van der Waals surface area contributed by atoms with Gasteiger partial charge >= 0.3 is 6.18 Å². The van der Waals surface area contributed by atoms with Gasteiger partial charge in [0.15, 0.2) is 11.2 Å². The Balaban J connectivity index is 2.03. The summed E-state index contributed by atoms with van der Waals surface area (Å²) in [6.07, 6.45) is -3.13. The molecule has 3 heterocycles. The molecule has 5 nitrogen and oxygen atoms in total. The molecule has 0 aromatic carbocycles. The van der Waals surface area contributed by atoms with E-state index < -0.39 is 17.5 Å². The minimum absolute atomic E-state index is 0.0398. The zero-order valence-electron chi connectivity index (χ0n) is 10.6. The lowest BCUT2D eigenvalue weighted by atomic mass is 9.86. The summed E-state index contributed by atoms with van der Waals surface area (Å²) >= 11 is 0. The first-order chi connectivity index (χ1) is 9.44. The maximum Gasteiger partial charge on any atom is 0.404 e. The van der Waals surface area contributed by atoms with Crippen LogP contribution in [0.5, 0.6) is 0 Å². The molecular formula is C12H12F3N3O2. The largest absolute Gasteiger partial charge is 0.461 e. The molecule has 3 rings (SSSR count). The first-order valence-corrected chi connectivity index (χ1v) is 6.10. The number of aromatic nitrogens is 2. The Kier molecular flexibility index (Phi) is 2.86. The number of nitrogens with one attached hydrogen (secondary N) is 1. The first kappa shape index (κ1) is 13.2. The van der Waals surface area contributed by atoms with Crippen molar-refractivity contribution in [3.63, 3.8) is 0 Å². The van der Waals surface area contributed by atoms with Gasteiger partial charge in [-0.3, -0.25) is 0 Å². The second kappa shape index (κ2) is 4.34. The van der Waals surface area contributed by atoms with E-state index in [1.165, 1.54) is 6.26 Å². The van der Waals surface area contributed by atoms with Crippen molar-refractivity contribution in [1.29, 1.82) is 0 Å². The lowest BCUT2D eigenvalue weighted by Crippen LogP contribution is -2.44. The number of nitrogens with zero attached hydrogens (tertiary/aromatic N) is 2. The second-order valence-corrected chi connectivity index (χ2v) is 4.86. The van der Waals surface area contributed by atoms with Crippen molar-refractivity contribution in [2.24, 2.45) is 0 Å². The van der Waals surface area contributed by atoms with Crippen molar-refractivity contribution in [2.45, 2.75) is 24.9 Å². The fourth-order valence-corrected chi connectivity index (χ4v) is 2.35. The highest BCUT2D eigenvalue weighted by Crippen LogP contribution is 2.45. The van der Waals surface area contributed by atoms with Crippen LogP contribution in [0.4, 0.5) is 13.2 Å². The van der Waals surface area contributed by atoms with Crippen LogP contribution in [0.15, 0.2) is 21.3 Å². The van der Waals surface area contributed by atoms with Crippen molar-refractivity contribution < 1.29 is 22.1 Å². The number of halogens is 3. The fourth-order valence-electron chi connectivity index (χ4n) is 2.35. The molecule has 1 aliphatic heterocycles. The monoisotopic (exact) mass is 287 g/mol.